The van der Waals surface area contributed by atoms with Crippen LogP contribution in [0.2, 0.25) is 0 Å². The summed E-state index contributed by atoms with van der Waals surface area (Å²) in [6.07, 6.45) is 4.16. The molecule has 0 aromatic heterocycles. The van der Waals surface area contributed by atoms with Gasteiger partial charge in [0, 0.05) is 5.56 Å². The van der Waals surface area contributed by atoms with Gasteiger partial charge in [0.05, 0.1) is 11.8 Å². The molecule has 1 atom stereocenters. The Morgan fingerprint density at radius 2 is 1.14 bits per heavy atom. The second-order valence-corrected chi connectivity index (χ2v) is 11.3. The molecule has 0 aliphatic carbocycles. The fraction of sp³-hybridized carbons (Fsp3) is 0.0465. The molecule has 0 heterocycles. The number of hydrogen-bond acceptors (Lipinski definition) is 1. The van der Waals surface area contributed by atoms with Gasteiger partial charge < -0.3 is 0 Å². The van der Waals surface area contributed by atoms with Crippen molar-refractivity contribution in [3.05, 3.63) is 187 Å². The van der Waals surface area contributed by atoms with Crippen LogP contribution in [-0.4, -0.2) is 5.71 Å². The van der Waals surface area contributed by atoms with Gasteiger partial charge in [-0.05, 0) is 85.3 Å². The molecule has 0 aliphatic rings. The zero-order valence-electron chi connectivity index (χ0n) is 24.8. The quantitative estimate of drug-likeness (QED) is 0.135. The van der Waals surface area contributed by atoms with E-state index >= 15 is 0 Å². The topological polar surface area (TPSA) is 12.4 Å². The summed E-state index contributed by atoms with van der Waals surface area (Å²) in [4.78, 5) is 5.34. The van der Waals surface area contributed by atoms with E-state index < -0.39 is 0 Å². The first kappa shape index (κ1) is 27.3. The van der Waals surface area contributed by atoms with Crippen LogP contribution in [0.5, 0.6) is 0 Å². The Labute approximate surface area is 259 Å². The molecular formula is C43H33N. The van der Waals surface area contributed by atoms with Gasteiger partial charge in [0.25, 0.3) is 0 Å². The monoisotopic (exact) mass is 563 g/mol. The molecule has 0 saturated carbocycles. The third-order valence-electron chi connectivity index (χ3n) is 8.46. The van der Waals surface area contributed by atoms with Gasteiger partial charge in [-0.15, -0.1) is 6.58 Å². The van der Waals surface area contributed by atoms with Crippen molar-refractivity contribution in [3.63, 3.8) is 0 Å². The van der Waals surface area contributed by atoms with E-state index in [9.17, 15) is 0 Å². The zero-order valence-corrected chi connectivity index (χ0v) is 24.8. The highest BCUT2D eigenvalue weighted by Gasteiger charge is 2.12. The maximum Gasteiger partial charge on any atom is 0.0935 e. The summed E-state index contributed by atoms with van der Waals surface area (Å²) < 4.78 is 0. The molecule has 44 heavy (non-hydrogen) atoms. The number of benzene rings is 7. The minimum Gasteiger partial charge on any atom is -0.272 e. The highest BCUT2D eigenvalue weighted by Crippen LogP contribution is 2.31. The number of rotatable bonds is 7. The lowest BCUT2D eigenvalue weighted by molar-refractivity contribution is 0.917. The summed E-state index contributed by atoms with van der Waals surface area (Å²) >= 11 is 0. The predicted molar refractivity (Wildman–Crippen MR) is 190 cm³/mol. The molecule has 0 spiro atoms. The van der Waals surface area contributed by atoms with Gasteiger partial charge in [-0.1, -0.05) is 146 Å². The summed E-state index contributed by atoms with van der Waals surface area (Å²) in [5.74, 6) is 0. The molecule has 1 heteroatoms. The van der Waals surface area contributed by atoms with Gasteiger partial charge in [-0.2, -0.15) is 0 Å². The Hall–Kier alpha value is -5.53. The van der Waals surface area contributed by atoms with E-state index in [1.165, 1.54) is 49.0 Å². The third-order valence-corrected chi connectivity index (χ3v) is 8.46. The molecule has 0 radical (unpaired) electrons. The van der Waals surface area contributed by atoms with Crippen molar-refractivity contribution in [1.82, 2.24) is 0 Å². The lowest BCUT2D eigenvalue weighted by Gasteiger charge is -2.14. The smallest absolute Gasteiger partial charge is 0.0935 e. The van der Waals surface area contributed by atoms with Crippen molar-refractivity contribution in [2.24, 2.45) is 4.99 Å². The van der Waals surface area contributed by atoms with Crippen molar-refractivity contribution < 1.29 is 0 Å². The second kappa shape index (κ2) is 12.0. The molecule has 0 fully saturated rings. The first-order valence-corrected chi connectivity index (χ1v) is 15.1. The normalized spacial score (nSPS) is 12.9. The molecule has 1 nitrogen and oxygen atoms in total. The molecule has 0 bridgehead atoms. The molecule has 0 aliphatic heterocycles. The molecule has 7 aromatic rings. The van der Waals surface area contributed by atoms with Crippen LogP contribution in [0.25, 0.3) is 49.0 Å². The fourth-order valence-corrected chi connectivity index (χ4v) is 6.02. The van der Waals surface area contributed by atoms with Crippen molar-refractivity contribution in [1.29, 1.82) is 0 Å². The van der Waals surface area contributed by atoms with E-state index in [4.69, 9.17) is 4.99 Å². The van der Waals surface area contributed by atoms with Gasteiger partial charge in [0.1, 0.15) is 0 Å². The van der Waals surface area contributed by atoms with E-state index in [1.807, 2.05) is 6.08 Å². The Morgan fingerprint density at radius 1 is 0.568 bits per heavy atom. The maximum atomic E-state index is 5.34. The van der Waals surface area contributed by atoms with Crippen LogP contribution in [0.3, 0.4) is 0 Å². The highest BCUT2D eigenvalue weighted by molar-refractivity contribution is 6.14. The SMILES string of the molecule is C=CC(N=C(C=C(C)c1ccc2ccccc2c1)c1ccc2ccccc2c1)c1ccc(-c2cccc3ccccc23)cc1. The molecule has 1 unspecified atom stereocenters. The van der Waals surface area contributed by atoms with Gasteiger partial charge >= 0.3 is 0 Å². The summed E-state index contributed by atoms with van der Waals surface area (Å²) in [6.45, 7) is 6.37. The molecule has 0 amide bonds. The van der Waals surface area contributed by atoms with Crippen LogP contribution < -0.4 is 0 Å². The summed E-state index contributed by atoms with van der Waals surface area (Å²) in [5, 5.41) is 7.40. The standard InChI is InChI=1S/C43H33N/c1-3-42(35-23-21-34(22-24-35)41-18-10-16-33-13-8-9-17-40(33)41)44-43(39-26-20-32-12-5-7-15-38(32)29-39)27-30(2)36-25-19-31-11-4-6-14-37(31)28-36/h3-29,42H,1H2,2H3. The lowest BCUT2D eigenvalue weighted by atomic mass is 9.96. The van der Waals surface area contributed by atoms with Crippen LogP contribution in [0, 0.1) is 0 Å². The Bertz CT molecular complexity index is 2190. The average Bonchev–Trinajstić information content (AvgIpc) is 3.09. The van der Waals surface area contributed by atoms with Crippen molar-refractivity contribution >= 4 is 43.6 Å². The first-order chi connectivity index (χ1) is 21.7. The molecular weight excluding hydrogens is 530 g/mol. The molecule has 210 valence electrons. The Balaban J connectivity index is 1.30. The van der Waals surface area contributed by atoms with Gasteiger partial charge in [0.2, 0.25) is 0 Å². The van der Waals surface area contributed by atoms with Gasteiger partial charge in [-0.25, -0.2) is 0 Å². The molecule has 0 N–H and O–H groups in total. The highest BCUT2D eigenvalue weighted by atomic mass is 14.8. The third kappa shape index (κ3) is 5.48. The van der Waals surface area contributed by atoms with Gasteiger partial charge in [0.15, 0.2) is 0 Å². The van der Waals surface area contributed by atoms with Crippen LogP contribution in [0.15, 0.2) is 175 Å². The number of nitrogens with zero attached hydrogens (tertiary/aromatic N) is 1. The maximum absolute atomic E-state index is 5.34. The minimum atomic E-state index is -0.196. The Morgan fingerprint density at radius 3 is 1.82 bits per heavy atom. The van der Waals surface area contributed by atoms with Crippen LogP contribution in [0.4, 0.5) is 0 Å². The Kier molecular flexibility index (Phi) is 7.44. The average molecular weight is 564 g/mol. The van der Waals surface area contributed by atoms with Crippen LogP contribution >= 0.6 is 0 Å². The predicted octanol–water partition coefficient (Wildman–Crippen LogP) is 11.6. The summed E-state index contributed by atoms with van der Waals surface area (Å²) in [7, 11) is 0. The van der Waals surface area contributed by atoms with E-state index in [-0.39, 0.29) is 6.04 Å². The summed E-state index contributed by atoms with van der Waals surface area (Å²) in [6, 6.07) is 53.8. The number of aliphatic imine (C=N–C) groups is 1. The van der Waals surface area contributed by atoms with E-state index in [0.717, 1.165) is 22.4 Å². The van der Waals surface area contributed by atoms with Crippen molar-refractivity contribution in [2.45, 2.75) is 13.0 Å². The van der Waals surface area contributed by atoms with E-state index in [2.05, 4.69) is 171 Å². The number of hydrogen-bond donors (Lipinski definition) is 0. The van der Waals surface area contributed by atoms with Crippen LogP contribution in [-0.2, 0) is 0 Å². The van der Waals surface area contributed by atoms with E-state index in [0.29, 0.717) is 0 Å². The van der Waals surface area contributed by atoms with Crippen molar-refractivity contribution in [2.75, 3.05) is 0 Å². The second-order valence-electron chi connectivity index (χ2n) is 11.3. The van der Waals surface area contributed by atoms with E-state index in [1.54, 1.807) is 0 Å². The summed E-state index contributed by atoms with van der Waals surface area (Å²) in [5.41, 5.74) is 7.91. The van der Waals surface area contributed by atoms with Crippen LogP contribution in [0.1, 0.15) is 29.7 Å². The zero-order chi connectivity index (χ0) is 29.9. The molecule has 7 rings (SSSR count). The van der Waals surface area contributed by atoms with Crippen molar-refractivity contribution in [3.8, 4) is 11.1 Å². The largest absolute Gasteiger partial charge is 0.272 e. The fourth-order valence-electron chi connectivity index (χ4n) is 6.02. The first-order valence-electron chi connectivity index (χ1n) is 15.1. The molecule has 7 aromatic carbocycles. The lowest BCUT2D eigenvalue weighted by Crippen LogP contribution is -2.03. The minimum absolute atomic E-state index is 0.196. The van der Waals surface area contributed by atoms with Gasteiger partial charge in [-0.3, -0.25) is 4.99 Å². The number of allylic oxidation sites excluding steroid dienone is 2. The number of fused-ring (bicyclic) bond motifs is 3. The molecule has 0 saturated heterocycles.